The number of hydrogen-bond donors (Lipinski definition) is 1. The van der Waals surface area contributed by atoms with Gasteiger partial charge < -0.3 is 9.84 Å². The number of aryl methyl sites for hydroxylation is 1. The Morgan fingerprint density at radius 3 is 2.78 bits per heavy atom. The monoisotopic (exact) mass is 266 g/mol. The standard InChI is InChI=1S/C13H15ClN2O2/c1-3-18-11-7-5-4-6-9(11)13(17)12-10(14)8-15-16(12)2/h4-8,13,17H,3H2,1-2H3. The smallest absolute Gasteiger partial charge is 0.126 e. The summed E-state index contributed by atoms with van der Waals surface area (Å²) in [5.41, 5.74) is 1.24. The Morgan fingerprint density at radius 2 is 2.17 bits per heavy atom. The summed E-state index contributed by atoms with van der Waals surface area (Å²) in [6.45, 7) is 2.45. The predicted molar refractivity (Wildman–Crippen MR) is 69.9 cm³/mol. The number of aliphatic hydroxyl groups is 1. The van der Waals surface area contributed by atoms with Gasteiger partial charge in [0.1, 0.15) is 11.9 Å². The average Bonchev–Trinajstić information content (AvgIpc) is 2.69. The number of aromatic nitrogens is 2. The van der Waals surface area contributed by atoms with Gasteiger partial charge in [-0.1, -0.05) is 29.8 Å². The second kappa shape index (κ2) is 5.42. The molecule has 0 spiro atoms. The number of nitrogens with zero attached hydrogens (tertiary/aromatic N) is 2. The Kier molecular flexibility index (Phi) is 3.89. The molecule has 4 nitrogen and oxygen atoms in total. The van der Waals surface area contributed by atoms with Crippen LogP contribution >= 0.6 is 11.6 Å². The van der Waals surface area contributed by atoms with E-state index in [1.807, 2.05) is 31.2 Å². The highest BCUT2D eigenvalue weighted by Crippen LogP contribution is 2.32. The van der Waals surface area contributed by atoms with Gasteiger partial charge in [-0.25, -0.2) is 0 Å². The van der Waals surface area contributed by atoms with Crippen LogP contribution in [0.4, 0.5) is 0 Å². The van der Waals surface area contributed by atoms with E-state index in [4.69, 9.17) is 16.3 Å². The van der Waals surface area contributed by atoms with Gasteiger partial charge in [0, 0.05) is 12.6 Å². The van der Waals surface area contributed by atoms with Crippen molar-refractivity contribution in [1.82, 2.24) is 9.78 Å². The topological polar surface area (TPSA) is 47.3 Å². The van der Waals surface area contributed by atoms with Crippen LogP contribution in [0.2, 0.25) is 5.02 Å². The molecule has 0 saturated heterocycles. The minimum atomic E-state index is -0.854. The lowest BCUT2D eigenvalue weighted by atomic mass is 10.1. The summed E-state index contributed by atoms with van der Waals surface area (Å²) in [6, 6.07) is 7.36. The summed E-state index contributed by atoms with van der Waals surface area (Å²) in [6.07, 6.45) is 0.663. The van der Waals surface area contributed by atoms with Crippen LogP contribution in [0, 0.1) is 0 Å². The van der Waals surface area contributed by atoms with E-state index in [1.54, 1.807) is 11.7 Å². The number of para-hydroxylation sites is 1. The van der Waals surface area contributed by atoms with Crippen molar-refractivity contribution in [3.05, 3.63) is 46.7 Å². The fourth-order valence-corrected chi connectivity index (χ4v) is 2.14. The molecule has 0 aliphatic carbocycles. The third-order valence-corrected chi connectivity index (χ3v) is 3.00. The molecular weight excluding hydrogens is 252 g/mol. The molecule has 0 saturated carbocycles. The number of benzene rings is 1. The first-order valence-corrected chi connectivity index (χ1v) is 6.10. The van der Waals surface area contributed by atoms with Crippen molar-refractivity contribution in [3.63, 3.8) is 0 Å². The maximum absolute atomic E-state index is 10.4. The van der Waals surface area contributed by atoms with Gasteiger partial charge in [-0.3, -0.25) is 4.68 Å². The first-order chi connectivity index (χ1) is 8.65. The Morgan fingerprint density at radius 1 is 1.44 bits per heavy atom. The van der Waals surface area contributed by atoms with Crippen LogP contribution in [0.1, 0.15) is 24.3 Å². The number of aliphatic hydroxyl groups excluding tert-OH is 1. The highest BCUT2D eigenvalue weighted by atomic mass is 35.5. The molecule has 1 unspecified atom stereocenters. The Bertz CT molecular complexity index is 520. The van der Waals surface area contributed by atoms with Gasteiger partial charge in [0.2, 0.25) is 0 Å². The molecular formula is C13H15ClN2O2. The van der Waals surface area contributed by atoms with Crippen LogP contribution < -0.4 is 4.74 Å². The van der Waals surface area contributed by atoms with Crippen LogP contribution in [0.15, 0.2) is 30.5 Å². The summed E-state index contributed by atoms with van der Waals surface area (Å²) < 4.78 is 7.07. The maximum atomic E-state index is 10.4. The van der Waals surface area contributed by atoms with Crippen molar-refractivity contribution >= 4 is 11.6 Å². The largest absolute Gasteiger partial charge is 0.493 e. The molecule has 0 bridgehead atoms. The summed E-state index contributed by atoms with van der Waals surface area (Å²) in [7, 11) is 1.74. The van der Waals surface area contributed by atoms with Crippen LogP contribution in [-0.4, -0.2) is 21.5 Å². The van der Waals surface area contributed by atoms with Gasteiger partial charge in [0.25, 0.3) is 0 Å². The molecule has 0 radical (unpaired) electrons. The predicted octanol–water partition coefficient (Wildman–Crippen LogP) is 2.55. The molecule has 2 aromatic rings. The molecule has 0 aliphatic heterocycles. The van der Waals surface area contributed by atoms with Gasteiger partial charge in [-0.15, -0.1) is 0 Å². The Labute approximate surface area is 111 Å². The zero-order valence-corrected chi connectivity index (χ0v) is 11.1. The highest BCUT2D eigenvalue weighted by Gasteiger charge is 2.21. The summed E-state index contributed by atoms with van der Waals surface area (Å²) in [5, 5.41) is 14.9. The van der Waals surface area contributed by atoms with Crippen molar-refractivity contribution < 1.29 is 9.84 Å². The average molecular weight is 267 g/mol. The van der Waals surface area contributed by atoms with Gasteiger partial charge in [-0.05, 0) is 13.0 Å². The van der Waals surface area contributed by atoms with E-state index in [0.717, 1.165) is 0 Å². The van der Waals surface area contributed by atoms with Crippen LogP contribution in [0.5, 0.6) is 5.75 Å². The minimum absolute atomic E-state index is 0.441. The molecule has 1 N–H and O–H groups in total. The molecule has 0 amide bonds. The SMILES string of the molecule is CCOc1ccccc1C(O)c1c(Cl)cnn1C. The zero-order valence-electron chi connectivity index (χ0n) is 10.3. The minimum Gasteiger partial charge on any atom is -0.493 e. The molecule has 1 aromatic heterocycles. The van der Waals surface area contributed by atoms with Crippen molar-refractivity contribution in [3.8, 4) is 5.75 Å². The lowest BCUT2D eigenvalue weighted by molar-refractivity contribution is 0.202. The summed E-state index contributed by atoms with van der Waals surface area (Å²) >= 11 is 6.04. The van der Waals surface area contributed by atoms with E-state index in [0.29, 0.717) is 28.6 Å². The van der Waals surface area contributed by atoms with Gasteiger partial charge >= 0.3 is 0 Å². The van der Waals surface area contributed by atoms with Crippen molar-refractivity contribution in [1.29, 1.82) is 0 Å². The Balaban J connectivity index is 2.43. The van der Waals surface area contributed by atoms with Crippen LogP contribution in [0.3, 0.4) is 0 Å². The normalized spacial score (nSPS) is 12.4. The Hall–Kier alpha value is -1.52. The number of rotatable bonds is 4. The van der Waals surface area contributed by atoms with Crippen LogP contribution in [-0.2, 0) is 7.05 Å². The molecule has 1 heterocycles. The van der Waals surface area contributed by atoms with E-state index in [9.17, 15) is 5.11 Å². The number of halogens is 1. The fraction of sp³-hybridized carbons (Fsp3) is 0.308. The maximum Gasteiger partial charge on any atom is 0.126 e. The summed E-state index contributed by atoms with van der Waals surface area (Å²) in [4.78, 5) is 0. The fourth-order valence-electron chi connectivity index (χ4n) is 1.87. The van der Waals surface area contributed by atoms with E-state index >= 15 is 0 Å². The molecule has 0 fully saturated rings. The lowest BCUT2D eigenvalue weighted by Gasteiger charge is -2.16. The first-order valence-electron chi connectivity index (χ1n) is 5.72. The number of ether oxygens (including phenoxy) is 1. The summed E-state index contributed by atoms with van der Waals surface area (Å²) in [5.74, 6) is 0.657. The second-order valence-electron chi connectivity index (χ2n) is 3.87. The van der Waals surface area contributed by atoms with E-state index in [1.165, 1.54) is 6.20 Å². The molecule has 2 rings (SSSR count). The molecule has 18 heavy (non-hydrogen) atoms. The molecule has 5 heteroatoms. The van der Waals surface area contributed by atoms with Gasteiger partial charge in [0.15, 0.2) is 0 Å². The lowest BCUT2D eigenvalue weighted by Crippen LogP contribution is -2.09. The molecule has 1 atom stereocenters. The highest BCUT2D eigenvalue weighted by molar-refractivity contribution is 6.31. The molecule has 96 valence electrons. The zero-order chi connectivity index (χ0) is 13.1. The van der Waals surface area contributed by atoms with Crippen molar-refractivity contribution in [2.75, 3.05) is 6.61 Å². The van der Waals surface area contributed by atoms with Crippen molar-refractivity contribution in [2.45, 2.75) is 13.0 Å². The van der Waals surface area contributed by atoms with Crippen LogP contribution in [0.25, 0.3) is 0 Å². The van der Waals surface area contributed by atoms with E-state index in [2.05, 4.69) is 5.10 Å². The first kappa shape index (κ1) is 12.9. The quantitative estimate of drug-likeness (QED) is 0.925. The van der Waals surface area contributed by atoms with Crippen molar-refractivity contribution in [2.24, 2.45) is 7.05 Å². The van der Waals surface area contributed by atoms with E-state index < -0.39 is 6.10 Å². The van der Waals surface area contributed by atoms with E-state index in [-0.39, 0.29) is 0 Å². The molecule has 1 aromatic carbocycles. The number of hydrogen-bond acceptors (Lipinski definition) is 3. The van der Waals surface area contributed by atoms with Gasteiger partial charge in [-0.2, -0.15) is 5.10 Å². The third kappa shape index (κ3) is 2.35. The third-order valence-electron chi connectivity index (χ3n) is 2.71. The van der Waals surface area contributed by atoms with Gasteiger partial charge in [0.05, 0.1) is 23.5 Å². The molecule has 0 aliphatic rings. The second-order valence-corrected chi connectivity index (χ2v) is 4.28.